The third-order valence-electron chi connectivity index (χ3n) is 3.71. The van der Waals surface area contributed by atoms with Crippen molar-refractivity contribution in [2.75, 3.05) is 25.6 Å². The van der Waals surface area contributed by atoms with Gasteiger partial charge in [-0.1, -0.05) is 12.1 Å². The lowest BCUT2D eigenvalue weighted by atomic mass is 10.1. The smallest absolute Gasteiger partial charge is 0.344 e. The van der Waals surface area contributed by atoms with E-state index in [1.807, 2.05) is 32.0 Å². The fourth-order valence-corrected chi connectivity index (χ4v) is 2.23. The predicted molar refractivity (Wildman–Crippen MR) is 101 cm³/mol. The van der Waals surface area contributed by atoms with E-state index in [9.17, 15) is 14.4 Å². The van der Waals surface area contributed by atoms with Crippen LogP contribution in [-0.2, 0) is 14.3 Å². The molecule has 0 fully saturated rings. The van der Waals surface area contributed by atoms with E-state index >= 15 is 0 Å². The first-order valence-electron chi connectivity index (χ1n) is 8.36. The largest absolute Gasteiger partial charge is 0.482 e. The van der Waals surface area contributed by atoms with Crippen LogP contribution < -0.4 is 15.4 Å². The maximum absolute atomic E-state index is 11.9. The Morgan fingerprint density at radius 2 is 1.67 bits per heavy atom. The molecule has 0 aliphatic carbocycles. The third kappa shape index (κ3) is 6.14. The van der Waals surface area contributed by atoms with Crippen LogP contribution >= 0.6 is 0 Å². The monoisotopic (exact) mass is 370 g/mol. The molecule has 0 unspecified atom stereocenters. The Bertz CT molecular complexity index is 831. The van der Waals surface area contributed by atoms with E-state index in [0.717, 1.165) is 11.1 Å². The molecule has 0 aromatic heterocycles. The highest BCUT2D eigenvalue weighted by Gasteiger charge is 2.10. The lowest BCUT2D eigenvalue weighted by Gasteiger charge is -2.10. The summed E-state index contributed by atoms with van der Waals surface area (Å²) in [6.07, 6.45) is 0. The van der Waals surface area contributed by atoms with Gasteiger partial charge in [0, 0.05) is 18.3 Å². The zero-order valence-corrected chi connectivity index (χ0v) is 15.5. The number of ether oxygens (including phenoxy) is 2. The van der Waals surface area contributed by atoms with Crippen molar-refractivity contribution in [3.63, 3.8) is 0 Å². The molecule has 0 saturated carbocycles. The maximum Gasteiger partial charge on any atom is 0.344 e. The number of rotatable bonds is 7. The Hall–Kier alpha value is -3.35. The van der Waals surface area contributed by atoms with Crippen molar-refractivity contribution in [1.82, 2.24) is 5.32 Å². The van der Waals surface area contributed by atoms with Gasteiger partial charge in [-0.15, -0.1) is 0 Å². The molecular formula is C20H22N2O5. The molecule has 2 N–H and O–H groups in total. The summed E-state index contributed by atoms with van der Waals surface area (Å²) < 4.78 is 10.3. The standard InChI is InChI=1S/C20H22N2O5/c1-13-4-5-14(2)17(10-13)26-12-19(24)27-11-18(23)22-16-8-6-15(7-9-16)20(25)21-3/h4-10H,11-12H2,1-3H3,(H,21,25)(H,22,23). The van der Waals surface area contributed by atoms with Crippen LogP contribution in [0.1, 0.15) is 21.5 Å². The molecule has 0 saturated heterocycles. The summed E-state index contributed by atoms with van der Waals surface area (Å²) in [6.45, 7) is 3.10. The number of esters is 1. The highest BCUT2D eigenvalue weighted by atomic mass is 16.6. The number of amides is 2. The first kappa shape index (κ1) is 20.0. The number of carbonyl (C=O) groups is 3. The van der Waals surface area contributed by atoms with E-state index in [1.165, 1.54) is 7.05 Å². The van der Waals surface area contributed by atoms with E-state index in [4.69, 9.17) is 9.47 Å². The molecule has 7 heteroatoms. The van der Waals surface area contributed by atoms with E-state index in [0.29, 0.717) is 17.0 Å². The van der Waals surface area contributed by atoms with Crippen molar-refractivity contribution >= 4 is 23.5 Å². The highest BCUT2D eigenvalue weighted by molar-refractivity contribution is 5.96. The third-order valence-corrected chi connectivity index (χ3v) is 3.71. The molecule has 0 aliphatic rings. The minimum absolute atomic E-state index is 0.217. The fourth-order valence-electron chi connectivity index (χ4n) is 2.23. The lowest BCUT2D eigenvalue weighted by molar-refractivity contribution is -0.149. The van der Waals surface area contributed by atoms with Gasteiger partial charge in [0.05, 0.1) is 0 Å². The van der Waals surface area contributed by atoms with Gasteiger partial charge in [0.15, 0.2) is 13.2 Å². The van der Waals surface area contributed by atoms with Gasteiger partial charge in [-0.2, -0.15) is 0 Å². The van der Waals surface area contributed by atoms with Gasteiger partial charge in [-0.05, 0) is 55.3 Å². The van der Waals surface area contributed by atoms with Gasteiger partial charge in [0.2, 0.25) is 0 Å². The quantitative estimate of drug-likeness (QED) is 0.729. The Morgan fingerprint density at radius 3 is 2.33 bits per heavy atom. The van der Waals surface area contributed by atoms with Crippen molar-refractivity contribution in [3.8, 4) is 5.75 Å². The van der Waals surface area contributed by atoms with E-state index in [1.54, 1.807) is 24.3 Å². The second-order valence-electron chi connectivity index (χ2n) is 5.92. The van der Waals surface area contributed by atoms with E-state index < -0.39 is 18.5 Å². The van der Waals surface area contributed by atoms with Crippen LogP contribution in [0.15, 0.2) is 42.5 Å². The maximum atomic E-state index is 11.9. The summed E-state index contributed by atoms with van der Waals surface area (Å²) in [5, 5.41) is 5.09. The molecule has 0 bridgehead atoms. The van der Waals surface area contributed by atoms with Crippen molar-refractivity contribution in [3.05, 3.63) is 59.2 Å². The molecule has 2 amide bonds. The van der Waals surface area contributed by atoms with Crippen molar-refractivity contribution in [1.29, 1.82) is 0 Å². The molecule has 7 nitrogen and oxygen atoms in total. The zero-order chi connectivity index (χ0) is 19.8. The SMILES string of the molecule is CNC(=O)c1ccc(NC(=O)COC(=O)COc2cc(C)ccc2C)cc1. The molecule has 2 aromatic rings. The van der Waals surface area contributed by atoms with Gasteiger partial charge in [0.1, 0.15) is 5.75 Å². The first-order chi connectivity index (χ1) is 12.9. The molecule has 0 aliphatic heterocycles. The normalized spacial score (nSPS) is 10.0. The second-order valence-corrected chi connectivity index (χ2v) is 5.92. The van der Waals surface area contributed by atoms with Crippen LogP contribution in [0.2, 0.25) is 0 Å². The summed E-state index contributed by atoms with van der Waals surface area (Å²) in [5.74, 6) is -0.734. The van der Waals surface area contributed by atoms with Gasteiger partial charge in [-0.25, -0.2) is 4.79 Å². The summed E-state index contributed by atoms with van der Waals surface area (Å²) in [5.41, 5.74) is 2.90. The summed E-state index contributed by atoms with van der Waals surface area (Å²) >= 11 is 0. The minimum atomic E-state index is -0.638. The second kappa shape index (κ2) is 9.38. The number of anilines is 1. The van der Waals surface area contributed by atoms with Gasteiger partial charge >= 0.3 is 5.97 Å². The Morgan fingerprint density at radius 1 is 0.963 bits per heavy atom. The number of benzene rings is 2. The topological polar surface area (TPSA) is 93.7 Å². The molecule has 2 aromatic carbocycles. The van der Waals surface area contributed by atoms with E-state index in [-0.39, 0.29) is 12.5 Å². The van der Waals surface area contributed by atoms with Gasteiger partial charge < -0.3 is 20.1 Å². The van der Waals surface area contributed by atoms with Crippen LogP contribution in [0.25, 0.3) is 0 Å². The number of nitrogens with one attached hydrogen (secondary N) is 2. The van der Waals surface area contributed by atoms with Crippen molar-refractivity contribution in [2.45, 2.75) is 13.8 Å². The molecule has 0 heterocycles. The number of hydrogen-bond acceptors (Lipinski definition) is 5. The van der Waals surface area contributed by atoms with Crippen molar-refractivity contribution in [2.24, 2.45) is 0 Å². The van der Waals surface area contributed by atoms with Crippen LogP contribution in [-0.4, -0.2) is 38.0 Å². The minimum Gasteiger partial charge on any atom is -0.482 e. The predicted octanol–water partition coefficient (Wildman–Crippen LogP) is 2.22. The number of aryl methyl sites for hydroxylation is 2. The average Bonchev–Trinajstić information content (AvgIpc) is 2.67. The Balaban J connectivity index is 1.77. The number of carbonyl (C=O) groups excluding carboxylic acids is 3. The summed E-state index contributed by atoms with van der Waals surface area (Å²) in [7, 11) is 1.54. The molecule has 27 heavy (non-hydrogen) atoms. The molecule has 0 atom stereocenters. The molecular weight excluding hydrogens is 348 g/mol. The molecule has 142 valence electrons. The zero-order valence-electron chi connectivity index (χ0n) is 15.5. The highest BCUT2D eigenvalue weighted by Crippen LogP contribution is 2.18. The first-order valence-corrected chi connectivity index (χ1v) is 8.36. The number of hydrogen-bond donors (Lipinski definition) is 2. The van der Waals surface area contributed by atoms with Crippen LogP contribution in [0.5, 0.6) is 5.75 Å². The molecule has 2 rings (SSSR count). The summed E-state index contributed by atoms with van der Waals surface area (Å²) in [6, 6.07) is 12.0. The average molecular weight is 370 g/mol. The van der Waals surface area contributed by atoms with Gasteiger partial charge in [0.25, 0.3) is 11.8 Å². The van der Waals surface area contributed by atoms with Crippen LogP contribution in [0.4, 0.5) is 5.69 Å². The van der Waals surface area contributed by atoms with Crippen molar-refractivity contribution < 1.29 is 23.9 Å². The fraction of sp³-hybridized carbons (Fsp3) is 0.250. The molecule has 0 radical (unpaired) electrons. The summed E-state index contributed by atoms with van der Waals surface area (Å²) in [4.78, 5) is 35.1. The van der Waals surface area contributed by atoms with Crippen LogP contribution in [0, 0.1) is 13.8 Å². The van der Waals surface area contributed by atoms with E-state index in [2.05, 4.69) is 10.6 Å². The van der Waals surface area contributed by atoms with Gasteiger partial charge in [-0.3, -0.25) is 9.59 Å². The lowest BCUT2D eigenvalue weighted by Crippen LogP contribution is -2.24. The Labute approximate surface area is 157 Å². The Kier molecular flexibility index (Phi) is 6.93. The molecule has 0 spiro atoms. The van der Waals surface area contributed by atoms with Crippen LogP contribution in [0.3, 0.4) is 0 Å².